The molecule has 0 aliphatic carbocycles. The molecule has 0 saturated carbocycles. The average molecular weight is 364 g/mol. The summed E-state index contributed by atoms with van der Waals surface area (Å²) in [5.74, 6) is 1.78. The lowest BCUT2D eigenvalue weighted by atomic mass is 9.87. The van der Waals surface area contributed by atoms with Crippen molar-refractivity contribution in [3.8, 4) is 0 Å². The van der Waals surface area contributed by atoms with Crippen molar-refractivity contribution in [2.45, 2.75) is 32.7 Å². The van der Waals surface area contributed by atoms with Gasteiger partial charge in [0.25, 0.3) is 0 Å². The minimum absolute atomic E-state index is 0.0290. The highest BCUT2D eigenvalue weighted by Crippen LogP contribution is 2.35. The van der Waals surface area contributed by atoms with Gasteiger partial charge in [-0.2, -0.15) is 11.8 Å². The number of piperidine rings is 1. The predicted octanol–water partition coefficient (Wildman–Crippen LogP) is 3.01. The van der Waals surface area contributed by atoms with Crippen molar-refractivity contribution < 1.29 is 14.0 Å². The third kappa shape index (κ3) is 4.00. The molecule has 0 spiro atoms. The van der Waals surface area contributed by atoms with E-state index in [-0.39, 0.29) is 29.6 Å². The maximum Gasteiger partial charge on any atom is 0.227 e. The van der Waals surface area contributed by atoms with Crippen molar-refractivity contribution in [2.75, 3.05) is 31.1 Å². The first-order chi connectivity index (χ1) is 12.0. The smallest absolute Gasteiger partial charge is 0.227 e. The van der Waals surface area contributed by atoms with E-state index in [0.29, 0.717) is 12.1 Å². The molecule has 0 radical (unpaired) electrons. The molecule has 136 valence electrons. The lowest BCUT2D eigenvalue weighted by Crippen LogP contribution is -2.49. The Kier molecular flexibility index (Phi) is 5.67. The molecule has 0 bridgehead atoms. The van der Waals surface area contributed by atoms with Gasteiger partial charge in [0.15, 0.2) is 0 Å². The van der Waals surface area contributed by atoms with Crippen molar-refractivity contribution >= 4 is 23.6 Å². The second-order valence-electron chi connectivity index (χ2n) is 6.91. The number of benzene rings is 1. The first-order valence-electron chi connectivity index (χ1n) is 8.87. The number of thioether (sulfide) groups is 1. The van der Waals surface area contributed by atoms with Gasteiger partial charge in [-0.05, 0) is 37.0 Å². The van der Waals surface area contributed by atoms with Crippen molar-refractivity contribution in [3.63, 3.8) is 0 Å². The van der Waals surface area contributed by atoms with E-state index in [9.17, 15) is 14.0 Å². The molecule has 2 amide bonds. The molecular formula is C19H25FN2O2S. The minimum Gasteiger partial charge on any atom is -0.341 e. The molecule has 1 aromatic carbocycles. The molecular weight excluding hydrogens is 339 g/mol. The Balaban J connectivity index is 1.75. The molecule has 2 fully saturated rings. The number of hydrogen-bond acceptors (Lipinski definition) is 3. The molecule has 3 rings (SSSR count). The Morgan fingerprint density at radius 3 is 2.56 bits per heavy atom. The zero-order valence-electron chi connectivity index (χ0n) is 14.8. The maximum absolute atomic E-state index is 13.6. The molecule has 0 N–H and O–H groups in total. The highest BCUT2D eigenvalue weighted by atomic mass is 32.2. The van der Waals surface area contributed by atoms with Gasteiger partial charge in [-0.15, -0.1) is 0 Å². The number of carbonyl (C=O) groups is 2. The fraction of sp³-hybridized carbons (Fsp3) is 0.579. The second-order valence-corrected chi connectivity index (χ2v) is 8.13. The minimum atomic E-state index is -0.232. The van der Waals surface area contributed by atoms with E-state index in [1.807, 2.05) is 22.7 Å². The summed E-state index contributed by atoms with van der Waals surface area (Å²) in [6.07, 6.45) is 1.51. The summed E-state index contributed by atoms with van der Waals surface area (Å²) < 4.78 is 13.6. The molecule has 6 heteroatoms. The van der Waals surface area contributed by atoms with E-state index >= 15 is 0 Å². The number of nitrogens with zero attached hydrogens (tertiary/aromatic N) is 2. The first-order valence-corrected chi connectivity index (χ1v) is 10.0. The monoisotopic (exact) mass is 364 g/mol. The van der Waals surface area contributed by atoms with Crippen molar-refractivity contribution in [3.05, 3.63) is 35.1 Å². The summed E-state index contributed by atoms with van der Waals surface area (Å²) in [5, 5.41) is 0. The highest BCUT2D eigenvalue weighted by molar-refractivity contribution is 7.99. The summed E-state index contributed by atoms with van der Waals surface area (Å²) in [4.78, 5) is 28.7. The molecule has 1 aromatic rings. The van der Waals surface area contributed by atoms with Gasteiger partial charge in [0, 0.05) is 38.1 Å². The van der Waals surface area contributed by atoms with E-state index in [4.69, 9.17) is 0 Å². The SMILES string of the molecule is CC(=O)N1CC(C(=O)N2CCSCC2)CCC1c1ccc(F)c(C)c1. The van der Waals surface area contributed by atoms with Crippen LogP contribution >= 0.6 is 11.8 Å². The number of likely N-dealkylation sites (tertiary alicyclic amines) is 1. The Morgan fingerprint density at radius 1 is 1.20 bits per heavy atom. The van der Waals surface area contributed by atoms with E-state index in [1.165, 1.54) is 6.07 Å². The van der Waals surface area contributed by atoms with Crippen LogP contribution in [0.3, 0.4) is 0 Å². The predicted molar refractivity (Wildman–Crippen MR) is 97.9 cm³/mol. The van der Waals surface area contributed by atoms with Gasteiger partial charge in [0.05, 0.1) is 12.0 Å². The normalized spacial score (nSPS) is 24.3. The van der Waals surface area contributed by atoms with E-state index < -0.39 is 0 Å². The van der Waals surface area contributed by atoms with Gasteiger partial charge in [0.1, 0.15) is 5.82 Å². The number of hydrogen-bond donors (Lipinski definition) is 0. The molecule has 2 unspecified atom stereocenters. The van der Waals surface area contributed by atoms with Gasteiger partial charge in [-0.25, -0.2) is 4.39 Å². The Hall–Kier alpha value is -1.56. The first kappa shape index (κ1) is 18.2. The summed E-state index contributed by atoms with van der Waals surface area (Å²) >= 11 is 1.88. The van der Waals surface area contributed by atoms with Crippen molar-refractivity contribution in [2.24, 2.45) is 5.92 Å². The number of amides is 2. The molecule has 0 aromatic heterocycles. The molecule has 2 saturated heterocycles. The zero-order valence-corrected chi connectivity index (χ0v) is 15.7. The van der Waals surface area contributed by atoms with Crippen LogP contribution in [-0.2, 0) is 9.59 Å². The fourth-order valence-electron chi connectivity index (χ4n) is 3.78. The summed E-state index contributed by atoms with van der Waals surface area (Å²) in [5.41, 5.74) is 1.54. The Labute approximate surface area is 152 Å². The number of rotatable bonds is 2. The zero-order chi connectivity index (χ0) is 18.0. The highest BCUT2D eigenvalue weighted by Gasteiger charge is 2.36. The van der Waals surface area contributed by atoms with Gasteiger partial charge in [0.2, 0.25) is 11.8 Å². The van der Waals surface area contributed by atoms with Crippen LogP contribution in [0, 0.1) is 18.7 Å². The maximum atomic E-state index is 13.6. The van der Waals surface area contributed by atoms with Crippen LogP contribution in [0.5, 0.6) is 0 Å². The van der Waals surface area contributed by atoms with E-state index in [1.54, 1.807) is 24.8 Å². The second kappa shape index (κ2) is 7.77. The van der Waals surface area contributed by atoms with Crippen LogP contribution in [0.1, 0.15) is 36.9 Å². The van der Waals surface area contributed by atoms with Crippen LogP contribution < -0.4 is 0 Å². The Bertz CT molecular complexity index is 661. The topological polar surface area (TPSA) is 40.6 Å². The van der Waals surface area contributed by atoms with Crippen LogP contribution in [0.4, 0.5) is 4.39 Å². The van der Waals surface area contributed by atoms with Crippen LogP contribution in [-0.4, -0.2) is 52.8 Å². The van der Waals surface area contributed by atoms with Crippen LogP contribution in [0.25, 0.3) is 0 Å². The summed E-state index contributed by atoms with van der Waals surface area (Å²) in [6.45, 7) is 5.36. The molecule has 4 nitrogen and oxygen atoms in total. The third-order valence-corrected chi connectivity index (χ3v) is 6.17. The molecule has 2 aliphatic rings. The number of halogens is 1. The van der Waals surface area contributed by atoms with Crippen molar-refractivity contribution in [1.29, 1.82) is 0 Å². The van der Waals surface area contributed by atoms with Gasteiger partial charge < -0.3 is 9.80 Å². The van der Waals surface area contributed by atoms with Crippen molar-refractivity contribution in [1.82, 2.24) is 9.80 Å². The van der Waals surface area contributed by atoms with Gasteiger partial charge >= 0.3 is 0 Å². The molecule has 2 atom stereocenters. The van der Waals surface area contributed by atoms with Crippen LogP contribution in [0.2, 0.25) is 0 Å². The van der Waals surface area contributed by atoms with Crippen LogP contribution in [0.15, 0.2) is 18.2 Å². The quantitative estimate of drug-likeness (QED) is 0.810. The standard InChI is InChI=1S/C19H25FN2O2S/c1-13-11-15(3-5-17(13)20)18-6-4-16(12-22(18)14(2)23)19(24)21-7-9-25-10-8-21/h3,5,11,16,18H,4,6-10,12H2,1-2H3. The van der Waals surface area contributed by atoms with E-state index in [2.05, 4.69) is 0 Å². The largest absolute Gasteiger partial charge is 0.341 e. The lowest BCUT2D eigenvalue weighted by molar-refractivity contribution is -0.142. The summed E-state index contributed by atoms with van der Waals surface area (Å²) in [7, 11) is 0. The van der Waals surface area contributed by atoms with E-state index in [0.717, 1.165) is 43.0 Å². The molecule has 25 heavy (non-hydrogen) atoms. The third-order valence-electron chi connectivity index (χ3n) is 5.23. The summed E-state index contributed by atoms with van der Waals surface area (Å²) in [6, 6.07) is 4.97. The number of carbonyl (C=O) groups excluding carboxylic acids is 2. The lowest BCUT2D eigenvalue weighted by Gasteiger charge is -2.41. The average Bonchev–Trinajstić information content (AvgIpc) is 2.63. The van der Waals surface area contributed by atoms with Gasteiger partial charge in [-0.1, -0.05) is 12.1 Å². The number of aryl methyl sites for hydroxylation is 1. The Morgan fingerprint density at radius 2 is 1.92 bits per heavy atom. The molecule has 2 heterocycles. The van der Waals surface area contributed by atoms with Gasteiger partial charge in [-0.3, -0.25) is 9.59 Å². The molecule has 2 aliphatic heterocycles. The fourth-order valence-corrected chi connectivity index (χ4v) is 4.69.